The third kappa shape index (κ3) is 17.3. The summed E-state index contributed by atoms with van der Waals surface area (Å²) < 4.78 is 16.1. The molecule has 0 aliphatic heterocycles. The Bertz CT molecular complexity index is 1360. The van der Waals surface area contributed by atoms with Crippen molar-refractivity contribution in [2.24, 2.45) is 11.7 Å². The lowest BCUT2D eigenvalue weighted by Crippen LogP contribution is -2.56. The van der Waals surface area contributed by atoms with Crippen molar-refractivity contribution in [2.75, 3.05) is 6.54 Å². The number of esters is 2. The Morgan fingerprint density at radius 2 is 1.27 bits per heavy atom. The first-order valence-electron chi connectivity index (χ1n) is 16.0. The van der Waals surface area contributed by atoms with Crippen molar-refractivity contribution in [1.82, 2.24) is 21.3 Å². The van der Waals surface area contributed by atoms with Gasteiger partial charge in [-0.25, -0.2) is 9.59 Å². The van der Waals surface area contributed by atoms with E-state index in [0.29, 0.717) is 11.1 Å². The van der Waals surface area contributed by atoms with Crippen molar-refractivity contribution in [2.45, 2.75) is 124 Å². The number of hydrogen-bond acceptors (Lipinski definition) is 10. The van der Waals surface area contributed by atoms with Gasteiger partial charge in [-0.2, -0.15) is 0 Å². The van der Waals surface area contributed by atoms with Crippen LogP contribution < -0.4 is 27.0 Å². The highest BCUT2D eigenvalue weighted by Crippen LogP contribution is 2.14. The van der Waals surface area contributed by atoms with Crippen molar-refractivity contribution in [3.05, 3.63) is 35.4 Å². The van der Waals surface area contributed by atoms with E-state index in [1.54, 1.807) is 100 Å². The molecular weight excluding hydrogens is 636 g/mol. The smallest absolute Gasteiger partial charge is 0.408 e. The van der Waals surface area contributed by atoms with Gasteiger partial charge in [0.15, 0.2) is 0 Å². The molecule has 0 saturated heterocycles. The van der Waals surface area contributed by atoms with E-state index < -0.39 is 89.6 Å². The Kier molecular flexibility index (Phi) is 15.2. The summed E-state index contributed by atoms with van der Waals surface area (Å²) in [4.78, 5) is 77.9. The zero-order valence-corrected chi connectivity index (χ0v) is 30.5. The second-order valence-corrected chi connectivity index (χ2v) is 14.9. The van der Waals surface area contributed by atoms with Gasteiger partial charge in [-0.15, -0.1) is 0 Å². The lowest BCUT2D eigenvalue weighted by atomic mass is 10.0. The zero-order valence-electron chi connectivity index (χ0n) is 30.5. The molecule has 7 N–H and O–H groups in total. The molecule has 0 heterocycles. The normalized spacial score (nSPS) is 13.6. The largest absolute Gasteiger partial charge is 0.460 e. The molecule has 0 bridgehead atoms. The standard InChI is InChI=1S/C34H54N6O9/c1-19(2)26(30(45)48-33(6,7)8)40-29(44)23(17-25(42)47-32(3,4)5)38-24(41)18-37-28(43)22(39-31(46)49-34(9,10)11)16-20-12-14-21(15-13-20)27(35)36/h12-15,19,22-23,26H,16-18H2,1-11H3,(H3,35,36)(H,37,43)(H,38,41)(H,39,46)(H,40,44)/t22?,23-,26-/m0/s1. The minimum absolute atomic E-state index is 0.00416. The molecule has 0 saturated carbocycles. The van der Waals surface area contributed by atoms with Crippen LogP contribution in [0.25, 0.3) is 0 Å². The molecule has 4 amide bonds. The van der Waals surface area contributed by atoms with Crippen molar-refractivity contribution in [3.8, 4) is 0 Å². The number of amidine groups is 1. The van der Waals surface area contributed by atoms with Gasteiger partial charge >= 0.3 is 18.0 Å². The number of rotatable bonds is 14. The average Bonchev–Trinajstić information content (AvgIpc) is 2.90. The molecule has 274 valence electrons. The molecule has 1 rings (SSSR count). The van der Waals surface area contributed by atoms with Gasteiger partial charge in [0, 0.05) is 12.0 Å². The van der Waals surface area contributed by atoms with Crippen LogP contribution in [0.1, 0.15) is 93.7 Å². The summed E-state index contributed by atoms with van der Waals surface area (Å²) in [6.07, 6.45) is -1.44. The Labute approximate surface area is 288 Å². The molecule has 0 radical (unpaired) electrons. The van der Waals surface area contributed by atoms with E-state index in [0.717, 1.165) is 0 Å². The van der Waals surface area contributed by atoms with Crippen LogP contribution in [0.5, 0.6) is 0 Å². The second-order valence-electron chi connectivity index (χ2n) is 14.9. The van der Waals surface area contributed by atoms with Crippen LogP contribution in [0.2, 0.25) is 0 Å². The van der Waals surface area contributed by atoms with E-state index in [1.165, 1.54) is 0 Å². The fourth-order valence-corrected chi connectivity index (χ4v) is 4.13. The molecule has 0 spiro atoms. The summed E-state index contributed by atoms with van der Waals surface area (Å²) in [5, 5.41) is 17.5. The van der Waals surface area contributed by atoms with Crippen molar-refractivity contribution in [1.29, 1.82) is 5.41 Å². The maximum atomic E-state index is 13.4. The van der Waals surface area contributed by atoms with Gasteiger partial charge in [-0.3, -0.25) is 24.6 Å². The van der Waals surface area contributed by atoms with Crippen LogP contribution in [-0.2, 0) is 44.6 Å². The summed E-state index contributed by atoms with van der Waals surface area (Å²) in [7, 11) is 0. The first-order valence-corrected chi connectivity index (χ1v) is 16.0. The van der Waals surface area contributed by atoms with Gasteiger partial charge in [0.25, 0.3) is 0 Å². The minimum atomic E-state index is -1.47. The van der Waals surface area contributed by atoms with Crippen LogP contribution >= 0.6 is 0 Å². The molecule has 0 fully saturated rings. The second kappa shape index (κ2) is 17.6. The quantitative estimate of drug-likeness (QED) is 0.0722. The lowest BCUT2D eigenvalue weighted by Gasteiger charge is -2.28. The number of ether oxygens (including phenoxy) is 3. The molecular formula is C34H54N6O9. The zero-order chi connectivity index (χ0) is 37.9. The average molecular weight is 691 g/mol. The van der Waals surface area contributed by atoms with E-state index in [9.17, 15) is 28.8 Å². The number of nitrogens with two attached hydrogens (primary N) is 1. The molecule has 15 nitrogen and oxygen atoms in total. The minimum Gasteiger partial charge on any atom is -0.460 e. The van der Waals surface area contributed by atoms with Gasteiger partial charge in [-0.05, 0) is 73.8 Å². The number of nitrogen functional groups attached to an aromatic ring is 1. The fourth-order valence-electron chi connectivity index (χ4n) is 4.13. The number of benzene rings is 1. The summed E-state index contributed by atoms with van der Waals surface area (Å²) in [5.41, 5.74) is 4.05. The van der Waals surface area contributed by atoms with Gasteiger partial charge < -0.3 is 41.2 Å². The highest BCUT2D eigenvalue weighted by molar-refractivity contribution is 5.96. The Hall–Kier alpha value is -4.69. The van der Waals surface area contributed by atoms with E-state index in [4.69, 9.17) is 25.4 Å². The molecule has 49 heavy (non-hydrogen) atoms. The van der Waals surface area contributed by atoms with Crippen molar-refractivity contribution >= 4 is 41.6 Å². The molecule has 1 aromatic rings. The van der Waals surface area contributed by atoms with Crippen LogP contribution in [-0.4, -0.2) is 83.1 Å². The van der Waals surface area contributed by atoms with Crippen LogP contribution in [0.15, 0.2) is 24.3 Å². The predicted octanol–water partition coefficient (Wildman–Crippen LogP) is 2.22. The SMILES string of the molecule is CC(C)[C@H](NC(=O)[C@H](CC(=O)OC(C)(C)C)NC(=O)CNC(=O)C(Cc1ccc(C(=N)N)cc1)NC(=O)OC(C)(C)C)C(=O)OC(C)(C)C. The number of carbonyl (C=O) groups excluding carboxylic acids is 6. The van der Waals surface area contributed by atoms with E-state index >= 15 is 0 Å². The monoisotopic (exact) mass is 690 g/mol. The molecule has 0 aliphatic rings. The number of hydrogen-bond donors (Lipinski definition) is 6. The topological polar surface area (TPSA) is 228 Å². The van der Waals surface area contributed by atoms with Gasteiger partial charge in [0.2, 0.25) is 17.7 Å². The number of carbonyl (C=O) groups is 6. The molecule has 0 aliphatic carbocycles. The van der Waals surface area contributed by atoms with Crippen LogP contribution in [0.3, 0.4) is 0 Å². The van der Waals surface area contributed by atoms with Gasteiger partial charge in [-0.1, -0.05) is 38.1 Å². The maximum absolute atomic E-state index is 13.4. The van der Waals surface area contributed by atoms with Gasteiger partial charge in [0.1, 0.15) is 40.8 Å². The van der Waals surface area contributed by atoms with Gasteiger partial charge in [0.05, 0.1) is 13.0 Å². The molecule has 15 heteroatoms. The summed E-state index contributed by atoms with van der Waals surface area (Å²) in [6, 6.07) is 2.72. The summed E-state index contributed by atoms with van der Waals surface area (Å²) in [6.45, 7) is 17.7. The fraction of sp³-hybridized carbons (Fsp3) is 0.618. The Morgan fingerprint density at radius 3 is 1.73 bits per heavy atom. The Balaban J connectivity index is 3.16. The molecule has 1 aromatic carbocycles. The van der Waals surface area contributed by atoms with Crippen molar-refractivity contribution in [3.63, 3.8) is 0 Å². The van der Waals surface area contributed by atoms with Crippen LogP contribution in [0, 0.1) is 11.3 Å². The first-order chi connectivity index (χ1) is 22.3. The highest BCUT2D eigenvalue weighted by Gasteiger charge is 2.34. The lowest BCUT2D eigenvalue weighted by molar-refractivity contribution is -0.160. The highest BCUT2D eigenvalue weighted by atomic mass is 16.6. The third-order valence-electron chi connectivity index (χ3n) is 6.20. The maximum Gasteiger partial charge on any atom is 0.408 e. The van der Waals surface area contributed by atoms with E-state index in [2.05, 4.69) is 21.3 Å². The van der Waals surface area contributed by atoms with Crippen molar-refractivity contribution < 1.29 is 43.0 Å². The number of nitrogens with one attached hydrogen (secondary N) is 5. The first kappa shape index (κ1) is 42.3. The molecule has 0 aromatic heterocycles. The number of amides is 4. The summed E-state index contributed by atoms with van der Waals surface area (Å²) in [5.74, 6) is -4.43. The summed E-state index contributed by atoms with van der Waals surface area (Å²) >= 11 is 0. The Morgan fingerprint density at radius 1 is 0.735 bits per heavy atom. The molecule has 3 atom stereocenters. The third-order valence-corrected chi connectivity index (χ3v) is 6.20. The van der Waals surface area contributed by atoms with E-state index in [-0.39, 0.29) is 12.3 Å². The molecule has 1 unspecified atom stereocenters. The number of alkyl carbamates (subject to hydrolysis) is 1. The van der Waals surface area contributed by atoms with E-state index in [1.807, 2.05) is 0 Å². The van der Waals surface area contributed by atoms with Crippen LogP contribution in [0.4, 0.5) is 4.79 Å². The predicted molar refractivity (Wildman–Crippen MR) is 182 cm³/mol.